The molecular weight excluding hydrogens is 218 g/mol. The molecule has 1 unspecified atom stereocenters. The summed E-state index contributed by atoms with van der Waals surface area (Å²) in [5.74, 6) is 1.61. The lowest BCUT2D eigenvalue weighted by atomic mass is 9.93. The van der Waals surface area contributed by atoms with Crippen molar-refractivity contribution >= 4 is 10.9 Å². The minimum atomic E-state index is 0.795. The number of benzene rings is 1. The van der Waals surface area contributed by atoms with Crippen molar-refractivity contribution in [1.29, 1.82) is 0 Å². The Hall–Kier alpha value is -1.24. The van der Waals surface area contributed by atoms with E-state index >= 15 is 0 Å². The molecule has 0 bridgehead atoms. The normalized spacial score (nSPS) is 13.3. The molecule has 18 heavy (non-hydrogen) atoms. The van der Waals surface area contributed by atoms with E-state index in [0.29, 0.717) is 0 Å². The Kier molecular flexibility index (Phi) is 4.46. The highest BCUT2D eigenvalue weighted by Gasteiger charge is 2.12. The number of aromatic nitrogens is 1. The topological polar surface area (TPSA) is 4.93 Å². The molecule has 0 aliphatic carbocycles. The third kappa shape index (κ3) is 3.16. The average molecular weight is 243 g/mol. The molecule has 0 fully saturated rings. The van der Waals surface area contributed by atoms with Crippen LogP contribution < -0.4 is 0 Å². The van der Waals surface area contributed by atoms with Crippen molar-refractivity contribution in [3.63, 3.8) is 0 Å². The van der Waals surface area contributed by atoms with Crippen molar-refractivity contribution in [3.05, 3.63) is 36.5 Å². The van der Waals surface area contributed by atoms with E-state index < -0.39 is 0 Å². The molecule has 0 aliphatic rings. The van der Waals surface area contributed by atoms with Gasteiger partial charge in [0.05, 0.1) is 0 Å². The van der Waals surface area contributed by atoms with Gasteiger partial charge in [-0.3, -0.25) is 0 Å². The Balaban J connectivity index is 2.15. The zero-order valence-electron chi connectivity index (χ0n) is 11.9. The Morgan fingerprint density at radius 2 is 1.89 bits per heavy atom. The van der Waals surface area contributed by atoms with E-state index in [1.54, 1.807) is 0 Å². The standard InChI is InChI=1S/C17H25N/c1-4-7-15(12-14(2)3)13-18-11-10-16-8-5-6-9-17(16)18/h5-6,8-11,14-15H,4,7,12-13H2,1-3H3. The maximum Gasteiger partial charge on any atom is 0.0480 e. The highest BCUT2D eigenvalue weighted by molar-refractivity contribution is 5.79. The van der Waals surface area contributed by atoms with Crippen LogP contribution in [0.5, 0.6) is 0 Å². The molecular formula is C17H25N. The molecule has 1 heteroatoms. The monoisotopic (exact) mass is 243 g/mol. The number of hydrogen-bond donors (Lipinski definition) is 0. The van der Waals surface area contributed by atoms with Crippen LogP contribution in [-0.2, 0) is 6.54 Å². The van der Waals surface area contributed by atoms with Gasteiger partial charge in [0.1, 0.15) is 0 Å². The van der Waals surface area contributed by atoms with Gasteiger partial charge in [0.25, 0.3) is 0 Å². The quantitative estimate of drug-likeness (QED) is 0.665. The second-order valence-electron chi connectivity index (χ2n) is 5.81. The van der Waals surface area contributed by atoms with Crippen molar-refractivity contribution in [2.45, 2.75) is 46.6 Å². The van der Waals surface area contributed by atoms with Crippen molar-refractivity contribution < 1.29 is 0 Å². The molecule has 0 radical (unpaired) electrons. The highest BCUT2D eigenvalue weighted by Crippen LogP contribution is 2.22. The fourth-order valence-electron chi connectivity index (χ4n) is 2.94. The molecule has 0 amide bonds. The Bertz CT molecular complexity index is 481. The van der Waals surface area contributed by atoms with Gasteiger partial charge in [-0.1, -0.05) is 45.4 Å². The van der Waals surface area contributed by atoms with E-state index in [2.05, 4.69) is 61.9 Å². The molecule has 1 aromatic heterocycles. The summed E-state index contributed by atoms with van der Waals surface area (Å²) in [5.41, 5.74) is 1.38. The predicted molar refractivity (Wildman–Crippen MR) is 79.8 cm³/mol. The largest absolute Gasteiger partial charge is 0.347 e. The summed E-state index contributed by atoms with van der Waals surface area (Å²) < 4.78 is 2.43. The zero-order chi connectivity index (χ0) is 13.0. The first-order chi connectivity index (χ1) is 8.70. The van der Waals surface area contributed by atoms with Crippen LogP contribution in [0, 0.1) is 11.8 Å². The van der Waals surface area contributed by atoms with Gasteiger partial charge in [-0.2, -0.15) is 0 Å². The predicted octanol–water partition coefficient (Wildman–Crippen LogP) is 5.10. The lowest BCUT2D eigenvalue weighted by molar-refractivity contribution is 0.343. The van der Waals surface area contributed by atoms with E-state index in [0.717, 1.165) is 11.8 Å². The maximum absolute atomic E-state index is 2.43. The summed E-state index contributed by atoms with van der Waals surface area (Å²) >= 11 is 0. The molecule has 1 heterocycles. The van der Waals surface area contributed by atoms with Crippen LogP contribution >= 0.6 is 0 Å². The van der Waals surface area contributed by atoms with E-state index in [1.807, 2.05) is 0 Å². The Morgan fingerprint density at radius 3 is 2.61 bits per heavy atom. The van der Waals surface area contributed by atoms with E-state index in [-0.39, 0.29) is 0 Å². The van der Waals surface area contributed by atoms with Crippen molar-refractivity contribution in [3.8, 4) is 0 Å². The summed E-state index contributed by atoms with van der Waals surface area (Å²) in [4.78, 5) is 0. The molecule has 0 aliphatic heterocycles. The second kappa shape index (κ2) is 6.08. The first kappa shape index (κ1) is 13.2. The van der Waals surface area contributed by atoms with Gasteiger partial charge in [0.15, 0.2) is 0 Å². The van der Waals surface area contributed by atoms with Crippen LogP contribution in [-0.4, -0.2) is 4.57 Å². The summed E-state index contributed by atoms with van der Waals surface area (Å²) in [7, 11) is 0. The van der Waals surface area contributed by atoms with Crippen molar-refractivity contribution in [2.24, 2.45) is 11.8 Å². The van der Waals surface area contributed by atoms with Crippen LogP contribution in [0.15, 0.2) is 36.5 Å². The first-order valence-corrected chi connectivity index (χ1v) is 7.24. The molecule has 2 aromatic rings. The molecule has 0 saturated heterocycles. The maximum atomic E-state index is 2.43. The number of rotatable bonds is 6. The van der Waals surface area contributed by atoms with Crippen LogP contribution in [0.4, 0.5) is 0 Å². The van der Waals surface area contributed by atoms with Crippen LogP contribution in [0.3, 0.4) is 0 Å². The zero-order valence-corrected chi connectivity index (χ0v) is 11.9. The van der Waals surface area contributed by atoms with E-state index in [4.69, 9.17) is 0 Å². The summed E-state index contributed by atoms with van der Waals surface area (Å²) in [5, 5.41) is 1.36. The second-order valence-corrected chi connectivity index (χ2v) is 5.81. The van der Waals surface area contributed by atoms with Gasteiger partial charge in [0.2, 0.25) is 0 Å². The fraction of sp³-hybridized carbons (Fsp3) is 0.529. The third-order valence-corrected chi connectivity index (χ3v) is 3.64. The van der Waals surface area contributed by atoms with Gasteiger partial charge in [-0.05, 0) is 42.2 Å². The molecule has 2 rings (SSSR count). The minimum Gasteiger partial charge on any atom is -0.347 e. The number of nitrogens with zero attached hydrogens (tertiary/aromatic N) is 1. The van der Waals surface area contributed by atoms with Crippen LogP contribution in [0.1, 0.15) is 40.0 Å². The number of hydrogen-bond acceptors (Lipinski definition) is 0. The Morgan fingerprint density at radius 1 is 1.11 bits per heavy atom. The van der Waals surface area contributed by atoms with Crippen molar-refractivity contribution in [2.75, 3.05) is 0 Å². The van der Waals surface area contributed by atoms with Crippen molar-refractivity contribution in [1.82, 2.24) is 4.57 Å². The minimum absolute atomic E-state index is 0.795. The molecule has 1 aromatic carbocycles. The SMILES string of the molecule is CCCC(CC(C)C)Cn1ccc2ccccc21. The molecule has 1 nitrogen and oxygen atoms in total. The van der Waals surface area contributed by atoms with Gasteiger partial charge in [-0.15, -0.1) is 0 Å². The van der Waals surface area contributed by atoms with E-state index in [1.165, 1.54) is 36.7 Å². The smallest absolute Gasteiger partial charge is 0.0480 e. The van der Waals surface area contributed by atoms with Gasteiger partial charge in [-0.25, -0.2) is 0 Å². The van der Waals surface area contributed by atoms with Gasteiger partial charge in [0, 0.05) is 18.3 Å². The molecule has 0 saturated carbocycles. The summed E-state index contributed by atoms with van der Waals surface area (Å²) in [6, 6.07) is 10.9. The average Bonchev–Trinajstić information content (AvgIpc) is 2.72. The third-order valence-electron chi connectivity index (χ3n) is 3.64. The Labute approximate surface area is 111 Å². The molecule has 0 N–H and O–H groups in total. The lowest BCUT2D eigenvalue weighted by Crippen LogP contribution is -2.12. The first-order valence-electron chi connectivity index (χ1n) is 7.24. The fourth-order valence-corrected chi connectivity index (χ4v) is 2.94. The molecule has 0 spiro atoms. The van der Waals surface area contributed by atoms with Crippen LogP contribution in [0.25, 0.3) is 10.9 Å². The lowest BCUT2D eigenvalue weighted by Gasteiger charge is -2.19. The van der Waals surface area contributed by atoms with Gasteiger partial charge < -0.3 is 4.57 Å². The van der Waals surface area contributed by atoms with E-state index in [9.17, 15) is 0 Å². The molecule has 1 atom stereocenters. The summed E-state index contributed by atoms with van der Waals surface area (Å²) in [6.07, 6.45) is 6.20. The number of fused-ring (bicyclic) bond motifs is 1. The number of para-hydroxylation sites is 1. The highest BCUT2D eigenvalue weighted by atomic mass is 15.0. The summed E-state index contributed by atoms with van der Waals surface area (Å²) in [6.45, 7) is 8.12. The van der Waals surface area contributed by atoms with Crippen LogP contribution in [0.2, 0.25) is 0 Å². The van der Waals surface area contributed by atoms with Gasteiger partial charge >= 0.3 is 0 Å². The molecule has 98 valence electrons.